The molecule has 0 spiro atoms. The Morgan fingerprint density at radius 2 is 1.71 bits per heavy atom. The van der Waals surface area contributed by atoms with Gasteiger partial charge >= 0.3 is 6.09 Å². The van der Waals surface area contributed by atoms with Crippen molar-refractivity contribution in [1.82, 2.24) is 0 Å². The van der Waals surface area contributed by atoms with Crippen LogP contribution in [0.3, 0.4) is 0 Å². The van der Waals surface area contributed by atoms with Crippen LogP contribution in [0.15, 0.2) is 48.5 Å². The Balaban J connectivity index is 2.02. The lowest BCUT2D eigenvalue weighted by molar-refractivity contribution is 0.102. The van der Waals surface area contributed by atoms with Gasteiger partial charge in [0.15, 0.2) is 0 Å². The number of anilines is 2. The number of hydrogen-bond acceptors (Lipinski definition) is 3. The summed E-state index contributed by atoms with van der Waals surface area (Å²) in [6.07, 6.45) is 1.57. The minimum Gasteiger partial charge on any atom is -0.450 e. The van der Waals surface area contributed by atoms with E-state index >= 15 is 0 Å². The van der Waals surface area contributed by atoms with Gasteiger partial charge in [-0.2, -0.15) is 0 Å². The molecule has 0 saturated carbocycles. The van der Waals surface area contributed by atoms with Gasteiger partial charge in [0.1, 0.15) is 0 Å². The van der Waals surface area contributed by atoms with Gasteiger partial charge in [0.2, 0.25) is 0 Å². The quantitative estimate of drug-likeness (QED) is 0.823. The molecular weight excluding hydrogens is 304 g/mol. The Labute approximate surface area is 142 Å². The van der Waals surface area contributed by atoms with Crippen LogP contribution in [0.25, 0.3) is 0 Å². The largest absolute Gasteiger partial charge is 0.450 e. The molecule has 2 N–H and O–H groups in total. The predicted molar refractivity (Wildman–Crippen MR) is 95.5 cm³/mol. The first-order valence-corrected chi connectivity index (χ1v) is 8.06. The molecule has 0 unspecified atom stereocenters. The molecule has 0 aliphatic heterocycles. The molecule has 0 radical (unpaired) electrons. The summed E-state index contributed by atoms with van der Waals surface area (Å²) in [4.78, 5) is 23.8. The highest BCUT2D eigenvalue weighted by atomic mass is 16.5. The molecule has 2 aromatic rings. The summed E-state index contributed by atoms with van der Waals surface area (Å²) >= 11 is 0. The van der Waals surface area contributed by atoms with Crippen LogP contribution >= 0.6 is 0 Å². The first-order chi connectivity index (χ1) is 11.6. The van der Waals surface area contributed by atoms with Crippen molar-refractivity contribution in [1.29, 1.82) is 0 Å². The molecule has 0 aliphatic carbocycles. The van der Waals surface area contributed by atoms with E-state index in [0.717, 1.165) is 18.5 Å². The molecule has 0 aliphatic rings. The van der Waals surface area contributed by atoms with Gasteiger partial charge in [-0.15, -0.1) is 0 Å². The van der Waals surface area contributed by atoms with Gasteiger partial charge in [0, 0.05) is 16.9 Å². The molecule has 0 fully saturated rings. The second kappa shape index (κ2) is 8.72. The molecule has 2 amide bonds. The van der Waals surface area contributed by atoms with E-state index < -0.39 is 6.09 Å². The molecule has 0 saturated heterocycles. The van der Waals surface area contributed by atoms with E-state index in [9.17, 15) is 9.59 Å². The molecule has 0 aromatic heterocycles. The number of aryl methyl sites for hydroxylation is 1. The lowest BCUT2D eigenvalue weighted by Crippen LogP contribution is -2.15. The number of nitrogens with one attached hydrogen (secondary N) is 2. The zero-order valence-corrected chi connectivity index (χ0v) is 14.0. The van der Waals surface area contributed by atoms with Gasteiger partial charge in [-0.3, -0.25) is 10.1 Å². The van der Waals surface area contributed by atoms with Crippen molar-refractivity contribution in [3.8, 4) is 0 Å². The zero-order chi connectivity index (χ0) is 17.4. The number of amides is 2. The van der Waals surface area contributed by atoms with Crippen molar-refractivity contribution >= 4 is 23.4 Å². The molecule has 2 rings (SSSR count). The number of carbonyl (C=O) groups excluding carboxylic acids is 2. The maximum absolute atomic E-state index is 12.3. The van der Waals surface area contributed by atoms with E-state index in [2.05, 4.69) is 17.6 Å². The second-order valence-electron chi connectivity index (χ2n) is 5.33. The first-order valence-electron chi connectivity index (χ1n) is 8.06. The minimum absolute atomic E-state index is 0.231. The number of hydrogen-bond donors (Lipinski definition) is 2. The number of rotatable bonds is 6. The van der Waals surface area contributed by atoms with Gasteiger partial charge in [-0.05, 0) is 49.2 Å². The summed E-state index contributed by atoms with van der Waals surface area (Å²) in [6, 6.07) is 14.5. The second-order valence-corrected chi connectivity index (χ2v) is 5.33. The summed E-state index contributed by atoms with van der Waals surface area (Å²) in [7, 11) is 0. The van der Waals surface area contributed by atoms with Crippen molar-refractivity contribution < 1.29 is 14.3 Å². The molecule has 5 heteroatoms. The third-order valence-corrected chi connectivity index (χ3v) is 3.40. The summed E-state index contributed by atoms with van der Waals surface area (Å²) in [6.45, 7) is 4.16. The predicted octanol–water partition coefficient (Wildman–Crippen LogP) is 4.46. The van der Waals surface area contributed by atoms with E-state index in [-0.39, 0.29) is 5.91 Å². The van der Waals surface area contributed by atoms with Crippen molar-refractivity contribution in [2.45, 2.75) is 26.7 Å². The van der Waals surface area contributed by atoms with Gasteiger partial charge < -0.3 is 10.1 Å². The molecule has 0 atom stereocenters. The van der Waals surface area contributed by atoms with Gasteiger partial charge in [0.25, 0.3) is 5.91 Å². The fraction of sp³-hybridized carbons (Fsp3) is 0.263. The Morgan fingerprint density at radius 3 is 2.38 bits per heavy atom. The van der Waals surface area contributed by atoms with E-state index in [1.54, 1.807) is 31.2 Å². The molecule has 126 valence electrons. The van der Waals surface area contributed by atoms with Gasteiger partial charge in [-0.1, -0.05) is 31.5 Å². The van der Waals surface area contributed by atoms with Crippen LogP contribution in [0.5, 0.6) is 0 Å². The number of carbonyl (C=O) groups is 2. The SMILES string of the molecule is CCCc1ccc(NC(=O)c2cccc(NC(=O)OCC)c2)cc1. The van der Waals surface area contributed by atoms with E-state index in [4.69, 9.17) is 4.74 Å². The highest BCUT2D eigenvalue weighted by Gasteiger charge is 2.08. The van der Waals surface area contributed by atoms with Crippen LogP contribution in [-0.4, -0.2) is 18.6 Å². The van der Waals surface area contributed by atoms with Crippen LogP contribution < -0.4 is 10.6 Å². The highest BCUT2D eigenvalue weighted by Crippen LogP contribution is 2.15. The molecule has 5 nitrogen and oxygen atoms in total. The Morgan fingerprint density at radius 1 is 0.958 bits per heavy atom. The van der Waals surface area contributed by atoms with Gasteiger partial charge in [-0.25, -0.2) is 4.79 Å². The number of benzene rings is 2. The van der Waals surface area contributed by atoms with E-state index in [1.165, 1.54) is 5.56 Å². The topological polar surface area (TPSA) is 67.4 Å². The molecule has 24 heavy (non-hydrogen) atoms. The summed E-state index contributed by atoms with van der Waals surface area (Å²) in [5.41, 5.74) is 2.96. The summed E-state index contributed by atoms with van der Waals surface area (Å²) in [5.74, 6) is -0.231. The molecule has 0 bridgehead atoms. The van der Waals surface area contributed by atoms with Crippen LogP contribution in [0.4, 0.5) is 16.2 Å². The fourth-order valence-electron chi connectivity index (χ4n) is 2.27. The Kier molecular flexibility index (Phi) is 6.37. The highest BCUT2D eigenvalue weighted by molar-refractivity contribution is 6.05. The fourth-order valence-corrected chi connectivity index (χ4v) is 2.27. The first kappa shape index (κ1) is 17.5. The average Bonchev–Trinajstić information content (AvgIpc) is 2.57. The third kappa shape index (κ3) is 5.12. The smallest absolute Gasteiger partial charge is 0.411 e. The summed E-state index contributed by atoms with van der Waals surface area (Å²) in [5, 5.41) is 5.43. The van der Waals surface area contributed by atoms with E-state index in [1.807, 2.05) is 24.3 Å². The maximum Gasteiger partial charge on any atom is 0.411 e. The molecular formula is C19H22N2O3. The lowest BCUT2D eigenvalue weighted by Gasteiger charge is -2.09. The van der Waals surface area contributed by atoms with E-state index in [0.29, 0.717) is 17.9 Å². The average molecular weight is 326 g/mol. The summed E-state index contributed by atoms with van der Waals surface area (Å²) < 4.78 is 4.82. The zero-order valence-electron chi connectivity index (χ0n) is 14.0. The normalized spacial score (nSPS) is 10.1. The van der Waals surface area contributed by atoms with Crippen LogP contribution in [0.1, 0.15) is 36.2 Å². The standard InChI is InChI=1S/C19H22N2O3/c1-3-6-14-9-11-16(12-10-14)20-18(22)15-7-5-8-17(13-15)21-19(23)24-4-2/h5,7-13H,3-4,6H2,1-2H3,(H,20,22)(H,21,23). The van der Waals surface area contributed by atoms with Crippen molar-refractivity contribution in [2.75, 3.05) is 17.2 Å². The minimum atomic E-state index is -0.540. The lowest BCUT2D eigenvalue weighted by atomic mass is 10.1. The van der Waals surface area contributed by atoms with Crippen LogP contribution in [0.2, 0.25) is 0 Å². The molecule has 0 heterocycles. The third-order valence-electron chi connectivity index (χ3n) is 3.40. The van der Waals surface area contributed by atoms with Crippen molar-refractivity contribution in [3.63, 3.8) is 0 Å². The number of ether oxygens (including phenoxy) is 1. The van der Waals surface area contributed by atoms with Crippen molar-refractivity contribution in [2.24, 2.45) is 0 Å². The van der Waals surface area contributed by atoms with Gasteiger partial charge in [0.05, 0.1) is 6.61 Å². The van der Waals surface area contributed by atoms with Crippen LogP contribution in [0, 0.1) is 0 Å². The monoisotopic (exact) mass is 326 g/mol. The van der Waals surface area contributed by atoms with Crippen molar-refractivity contribution in [3.05, 3.63) is 59.7 Å². The molecule has 2 aromatic carbocycles. The van der Waals surface area contributed by atoms with Crippen LogP contribution in [-0.2, 0) is 11.2 Å². The maximum atomic E-state index is 12.3. The Bertz CT molecular complexity index is 696. The Hall–Kier alpha value is -2.82.